The second kappa shape index (κ2) is 56.5. The maximum absolute atomic E-state index is 13.6. The first kappa shape index (κ1) is 74.2. The Morgan fingerprint density at radius 2 is 0.844 bits per heavy atom. The highest BCUT2D eigenvalue weighted by atomic mass is 31.2. The van der Waals surface area contributed by atoms with Crippen LogP contribution in [-0.2, 0) is 27.9 Å². The van der Waals surface area contributed by atoms with Gasteiger partial charge >= 0.3 is 13.8 Å². The Morgan fingerprint density at radius 1 is 0.468 bits per heavy atom. The van der Waals surface area contributed by atoms with Gasteiger partial charge in [0.15, 0.2) is 0 Å². The lowest BCUT2D eigenvalue weighted by atomic mass is 10.0. The molecule has 0 radical (unpaired) electrons. The summed E-state index contributed by atoms with van der Waals surface area (Å²) in [5.41, 5.74) is 0. The molecular weight excluding hydrogens is 976 g/mol. The Labute approximate surface area is 476 Å². The number of phosphoric ester groups is 1. The average molecular weight is 1100 g/mol. The third-order valence-corrected chi connectivity index (χ3v) is 14.8. The molecule has 0 fully saturated rings. The number of allylic oxidation sites excluding steroid dienone is 13. The molecule has 10 heteroatoms. The highest BCUT2D eigenvalue weighted by Gasteiger charge is 2.30. The summed E-state index contributed by atoms with van der Waals surface area (Å²) < 4.78 is 30.6. The maximum atomic E-state index is 13.6. The molecule has 0 aromatic carbocycles. The van der Waals surface area contributed by atoms with Crippen molar-refractivity contribution >= 4 is 19.7 Å². The number of hydrogen-bond donors (Lipinski definition) is 2. The molecule has 0 saturated heterocycles. The summed E-state index contributed by atoms with van der Waals surface area (Å²) in [6.07, 6.45) is 74.6. The fraction of sp³-hybridized carbons (Fsp3) is 0.761. The standard InChI is InChI=1S/C67H121N2O7P/c1-7-10-13-16-19-22-25-27-29-31-33-34-36-37-39-41-44-47-50-53-56-59-66(70)68-64(63-75-77(72,73)74-62-61-69(4,5)6)65(58-55-52-49-46-43-24-21-18-15-12-9-3)76-67(71)60-57-54-51-48-45-42-40-38-35-32-30-28-26-23-20-17-14-11-8-2/h11,14,20,23,28,30,35,38,42,45,51,54-55,58,64-65H,7-10,12-13,15-19,21-22,24-27,29,31-34,36-37,39-41,43-44,46-50,52-53,56-57,59-63H2,1-6H3,(H-,68,70,72,73)/p+1/b14-11-,23-20-,30-28-,38-35-,45-42-,54-51-,58-55+. The van der Waals surface area contributed by atoms with Crippen molar-refractivity contribution < 1.29 is 37.3 Å². The van der Waals surface area contributed by atoms with E-state index in [1.165, 1.54) is 161 Å². The maximum Gasteiger partial charge on any atom is 0.472 e. The number of carbonyl (C=O) groups is 2. The number of ether oxygens (including phenoxy) is 1. The smallest absolute Gasteiger partial charge is 0.456 e. The molecule has 0 heterocycles. The summed E-state index contributed by atoms with van der Waals surface area (Å²) in [5.74, 6) is -0.598. The number of nitrogens with one attached hydrogen (secondary N) is 1. The molecule has 9 nitrogen and oxygen atoms in total. The van der Waals surface area contributed by atoms with E-state index in [2.05, 4.69) is 92.9 Å². The minimum atomic E-state index is -4.47. The van der Waals surface area contributed by atoms with Crippen LogP contribution in [0.15, 0.2) is 85.1 Å². The van der Waals surface area contributed by atoms with Crippen LogP contribution in [0.25, 0.3) is 0 Å². The molecule has 0 rings (SSSR count). The summed E-state index contributed by atoms with van der Waals surface area (Å²) >= 11 is 0. The fourth-order valence-corrected chi connectivity index (χ4v) is 9.70. The Bertz CT molecular complexity index is 1590. The van der Waals surface area contributed by atoms with Crippen molar-refractivity contribution in [2.24, 2.45) is 0 Å². The van der Waals surface area contributed by atoms with E-state index in [1.807, 2.05) is 39.4 Å². The van der Waals surface area contributed by atoms with Crippen molar-refractivity contribution in [2.75, 3.05) is 40.9 Å². The lowest BCUT2D eigenvalue weighted by molar-refractivity contribution is -0.870. The quantitative estimate of drug-likeness (QED) is 0.0205. The van der Waals surface area contributed by atoms with Gasteiger partial charge in [-0.15, -0.1) is 0 Å². The van der Waals surface area contributed by atoms with E-state index in [9.17, 15) is 19.0 Å². The summed E-state index contributed by atoms with van der Waals surface area (Å²) in [6.45, 7) is 6.86. The third-order valence-electron chi connectivity index (χ3n) is 13.9. The summed E-state index contributed by atoms with van der Waals surface area (Å²) in [5, 5.41) is 3.04. The van der Waals surface area contributed by atoms with Gasteiger partial charge in [0.2, 0.25) is 5.91 Å². The topological polar surface area (TPSA) is 111 Å². The largest absolute Gasteiger partial charge is 0.472 e. The number of carbonyl (C=O) groups excluding carboxylic acids is 2. The first-order chi connectivity index (χ1) is 37.4. The minimum Gasteiger partial charge on any atom is -0.456 e. The van der Waals surface area contributed by atoms with E-state index in [0.29, 0.717) is 23.9 Å². The molecule has 0 saturated carbocycles. The fourth-order valence-electron chi connectivity index (χ4n) is 8.97. The van der Waals surface area contributed by atoms with Crippen LogP contribution in [0.3, 0.4) is 0 Å². The van der Waals surface area contributed by atoms with Gasteiger partial charge in [0.1, 0.15) is 19.3 Å². The molecule has 446 valence electrons. The van der Waals surface area contributed by atoms with Crippen LogP contribution in [0.4, 0.5) is 0 Å². The molecule has 3 atom stereocenters. The van der Waals surface area contributed by atoms with Crippen LogP contribution >= 0.6 is 7.82 Å². The van der Waals surface area contributed by atoms with Gasteiger partial charge < -0.3 is 19.4 Å². The predicted molar refractivity (Wildman–Crippen MR) is 332 cm³/mol. The van der Waals surface area contributed by atoms with E-state index >= 15 is 0 Å². The zero-order valence-electron chi connectivity index (χ0n) is 50.9. The van der Waals surface area contributed by atoms with E-state index in [0.717, 1.165) is 77.0 Å². The highest BCUT2D eigenvalue weighted by Crippen LogP contribution is 2.43. The number of rotatable bonds is 57. The molecule has 0 aromatic heterocycles. The normalized spacial score (nSPS) is 14.2. The van der Waals surface area contributed by atoms with Crippen molar-refractivity contribution in [2.45, 2.75) is 290 Å². The zero-order chi connectivity index (χ0) is 56.4. The van der Waals surface area contributed by atoms with Gasteiger partial charge in [-0.25, -0.2) is 4.57 Å². The lowest BCUT2D eigenvalue weighted by Gasteiger charge is -2.27. The monoisotopic (exact) mass is 1100 g/mol. The van der Waals surface area contributed by atoms with E-state index in [-0.39, 0.29) is 25.5 Å². The molecule has 0 aromatic rings. The zero-order valence-corrected chi connectivity index (χ0v) is 51.8. The first-order valence-corrected chi connectivity index (χ1v) is 33.4. The van der Waals surface area contributed by atoms with Crippen molar-refractivity contribution in [3.05, 3.63) is 85.1 Å². The molecule has 0 aliphatic carbocycles. The number of nitrogens with zero attached hydrogens (tertiary/aromatic N) is 1. The Balaban J connectivity index is 5.26. The molecule has 0 spiro atoms. The number of quaternary nitrogens is 1. The number of likely N-dealkylation sites (N-methyl/N-ethyl adjacent to an activating group) is 1. The second-order valence-electron chi connectivity index (χ2n) is 22.6. The molecule has 0 aliphatic rings. The summed E-state index contributed by atoms with van der Waals surface area (Å²) in [4.78, 5) is 37.7. The second-order valence-corrected chi connectivity index (χ2v) is 24.0. The minimum absolute atomic E-state index is 0.0272. The van der Waals surface area contributed by atoms with Crippen LogP contribution < -0.4 is 5.32 Å². The predicted octanol–water partition coefficient (Wildman–Crippen LogP) is 19.8. The first-order valence-electron chi connectivity index (χ1n) is 31.9. The van der Waals surface area contributed by atoms with Gasteiger partial charge in [0.05, 0.1) is 33.8 Å². The van der Waals surface area contributed by atoms with E-state index in [1.54, 1.807) is 0 Å². The third kappa shape index (κ3) is 57.7. The highest BCUT2D eigenvalue weighted by molar-refractivity contribution is 7.47. The number of hydrogen-bond acceptors (Lipinski definition) is 6. The number of amides is 1. The van der Waals surface area contributed by atoms with Gasteiger partial charge in [-0.3, -0.25) is 18.6 Å². The van der Waals surface area contributed by atoms with E-state index < -0.39 is 25.9 Å². The number of unbranched alkanes of at least 4 members (excludes halogenated alkanes) is 29. The Kier molecular flexibility index (Phi) is 54.4. The molecule has 2 N–H and O–H groups in total. The van der Waals surface area contributed by atoms with Crippen LogP contribution in [-0.4, -0.2) is 74.3 Å². The molecule has 0 aliphatic heterocycles. The van der Waals surface area contributed by atoms with Crippen molar-refractivity contribution in [3.63, 3.8) is 0 Å². The van der Waals surface area contributed by atoms with Gasteiger partial charge in [-0.1, -0.05) is 280 Å². The Hall–Kier alpha value is -2.81. The average Bonchev–Trinajstić information content (AvgIpc) is 3.39. The van der Waals surface area contributed by atoms with Crippen LogP contribution in [0.5, 0.6) is 0 Å². The molecule has 0 bridgehead atoms. The van der Waals surface area contributed by atoms with Gasteiger partial charge in [0, 0.05) is 12.8 Å². The molecule has 1 amide bonds. The van der Waals surface area contributed by atoms with Crippen molar-refractivity contribution in [1.29, 1.82) is 0 Å². The lowest BCUT2D eigenvalue weighted by Crippen LogP contribution is -2.47. The van der Waals surface area contributed by atoms with Crippen LogP contribution in [0.2, 0.25) is 0 Å². The van der Waals surface area contributed by atoms with Gasteiger partial charge in [0.25, 0.3) is 0 Å². The summed E-state index contributed by atoms with van der Waals surface area (Å²) in [7, 11) is 1.46. The van der Waals surface area contributed by atoms with Gasteiger partial charge in [-0.2, -0.15) is 0 Å². The van der Waals surface area contributed by atoms with Crippen molar-refractivity contribution in [3.8, 4) is 0 Å². The SMILES string of the molecule is CC/C=C\C/C=C\C/C=C\C/C=C\C/C=C\C/C=C\CCC(=O)OC(/C=C/CCCCCCCCCCC)C(COP(=O)(O)OCC[N+](C)(C)C)NC(=O)CCCCCCCCCCCCCCCCCCCCCCC. The van der Waals surface area contributed by atoms with Crippen LogP contribution in [0.1, 0.15) is 278 Å². The molecular formula is C67H122N2O7P+. The summed E-state index contributed by atoms with van der Waals surface area (Å²) in [6, 6.07) is -0.880. The van der Waals surface area contributed by atoms with Gasteiger partial charge in [-0.05, 0) is 70.3 Å². The Morgan fingerprint density at radius 3 is 1.25 bits per heavy atom. The number of phosphoric acid groups is 1. The number of esters is 1. The van der Waals surface area contributed by atoms with Crippen molar-refractivity contribution in [1.82, 2.24) is 5.32 Å². The van der Waals surface area contributed by atoms with E-state index in [4.69, 9.17) is 13.8 Å². The molecule has 77 heavy (non-hydrogen) atoms. The van der Waals surface area contributed by atoms with Crippen LogP contribution in [0, 0.1) is 0 Å². The molecule has 3 unspecified atom stereocenters.